The molecule has 0 unspecified atom stereocenters. The van der Waals surface area contributed by atoms with Crippen LogP contribution in [0.15, 0.2) is 0 Å². The summed E-state index contributed by atoms with van der Waals surface area (Å²) in [5.41, 5.74) is 0. The predicted octanol–water partition coefficient (Wildman–Crippen LogP) is 9.89. The van der Waals surface area contributed by atoms with Gasteiger partial charge >= 0.3 is 0 Å². The largest absolute Gasteiger partial charge is 0.381 e. The summed E-state index contributed by atoms with van der Waals surface area (Å²) in [5, 5.41) is 0. The average molecular weight is 429 g/mol. The van der Waals surface area contributed by atoms with E-state index in [-0.39, 0.29) is 0 Å². The number of rotatable bonds is 24. The van der Waals surface area contributed by atoms with Gasteiger partial charge in [-0.25, -0.2) is 0 Å². The molecular formula is C28H60O2. The van der Waals surface area contributed by atoms with Gasteiger partial charge in [0.25, 0.3) is 0 Å². The molecule has 0 bridgehead atoms. The van der Waals surface area contributed by atoms with Crippen molar-refractivity contribution in [3.63, 3.8) is 0 Å². The van der Waals surface area contributed by atoms with Crippen LogP contribution in [0.4, 0.5) is 0 Å². The van der Waals surface area contributed by atoms with Crippen molar-refractivity contribution in [2.45, 2.75) is 156 Å². The van der Waals surface area contributed by atoms with E-state index in [1.807, 2.05) is 0 Å². The van der Waals surface area contributed by atoms with Crippen molar-refractivity contribution in [2.24, 2.45) is 0 Å². The van der Waals surface area contributed by atoms with Crippen LogP contribution in [0.5, 0.6) is 0 Å². The lowest BCUT2D eigenvalue weighted by Gasteiger charge is -2.04. The molecule has 0 aromatic carbocycles. The van der Waals surface area contributed by atoms with Crippen LogP contribution in [-0.4, -0.2) is 26.4 Å². The van der Waals surface area contributed by atoms with Crippen molar-refractivity contribution in [2.75, 3.05) is 26.4 Å². The zero-order chi connectivity index (χ0) is 22.4. The smallest absolute Gasteiger partial charge is 0.0466 e. The fourth-order valence-corrected chi connectivity index (χ4v) is 3.43. The maximum atomic E-state index is 5.65. The zero-order valence-corrected chi connectivity index (χ0v) is 21.8. The van der Waals surface area contributed by atoms with Gasteiger partial charge in [-0.05, 0) is 25.7 Å². The predicted molar refractivity (Wildman–Crippen MR) is 137 cm³/mol. The standard InChI is InChI=1S/C16H34O.C12H26O/c1-3-5-7-9-11-13-15-17-16-14-12-10-8-6-4-2;1-3-5-7-9-11-13-12-10-8-6-4-2/h3-16H2,1-2H3;3-12H2,1-2H3. The molecule has 0 radical (unpaired) electrons. The van der Waals surface area contributed by atoms with Gasteiger partial charge in [-0.15, -0.1) is 0 Å². The van der Waals surface area contributed by atoms with E-state index in [1.54, 1.807) is 0 Å². The fourth-order valence-electron chi connectivity index (χ4n) is 3.43. The van der Waals surface area contributed by atoms with Crippen molar-refractivity contribution in [1.82, 2.24) is 0 Å². The SMILES string of the molecule is CCCCCCCCOCCCCCCCC.CCCCCCOCCCCCC. The first-order valence-corrected chi connectivity index (χ1v) is 14.0. The highest BCUT2D eigenvalue weighted by molar-refractivity contribution is 4.46. The molecule has 184 valence electrons. The molecule has 2 nitrogen and oxygen atoms in total. The molecule has 0 atom stereocenters. The van der Waals surface area contributed by atoms with E-state index in [9.17, 15) is 0 Å². The van der Waals surface area contributed by atoms with Crippen LogP contribution >= 0.6 is 0 Å². The van der Waals surface area contributed by atoms with Gasteiger partial charge in [0.15, 0.2) is 0 Å². The minimum atomic E-state index is 0.978. The van der Waals surface area contributed by atoms with E-state index in [1.165, 1.54) is 128 Å². The highest BCUT2D eigenvalue weighted by atomic mass is 16.5. The Balaban J connectivity index is 0. The summed E-state index contributed by atoms with van der Waals surface area (Å²) in [7, 11) is 0. The topological polar surface area (TPSA) is 18.5 Å². The summed E-state index contributed by atoms with van der Waals surface area (Å²) in [4.78, 5) is 0. The van der Waals surface area contributed by atoms with Gasteiger partial charge in [-0.3, -0.25) is 0 Å². The Bertz CT molecular complexity index is 231. The van der Waals surface area contributed by atoms with Crippen LogP contribution in [-0.2, 0) is 9.47 Å². The summed E-state index contributed by atoms with van der Waals surface area (Å²) >= 11 is 0. The molecule has 0 rings (SSSR count). The van der Waals surface area contributed by atoms with Gasteiger partial charge in [-0.2, -0.15) is 0 Å². The third-order valence-corrected chi connectivity index (χ3v) is 5.57. The van der Waals surface area contributed by atoms with Gasteiger partial charge in [0, 0.05) is 26.4 Å². The van der Waals surface area contributed by atoms with Crippen LogP contribution in [0.1, 0.15) is 156 Å². The van der Waals surface area contributed by atoms with Gasteiger partial charge in [0.05, 0.1) is 0 Å². The molecule has 0 saturated heterocycles. The van der Waals surface area contributed by atoms with Crippen molar-refractivity contribution in [3.05, 3.63) is 0 Å². The van der Waals surface area contributed by atoms with Crippen LogP contribution in [0.2, 0.25) is 0 Å². The Kier molecular flexibility index (Phi) is 35.9. The van der Waals surface area contributed by atoms with E-state index >= 15 is 0 Å². The summed E-state index contributed by atoms with van der Waals surface area (Å²) in [6.45, 7) is 12.9. The Morgan fingerprint density at radius 2 is 0.467 bits per heavy atom. The first kappa shape index (κ1) is 32.1. The molecule has 0 fully saturated rings. The molecule has 0 aromatic rings. The lowest BCUT2D eigenvalue weighted by atomic mass is 10.1. The molecule has 0 aliphatic heterocycles. The third kappa shape index (κ3) is 35.4. The minimum absolute atomic E-state index is 0.978. The van der Waals surface area contributed by atoms with E-state index in [2.05, 4.69) is 27.7 Å². The summed E-state index contributed by atoms with van der Waals surface area (Å²) in [5.74, 6) is 0. The lowest BCUT2D eigenvalue weighted by Crippen LogP contribution is -1.97. The number of unbranched alkanes of at least 4 members (excludes halogenated alkanes) is 16. The second-order valence-corrected chi connectivity index (χ2v) is 8.88. The van der Waals surface area contributed by atoms with E-state index in [4.69, 9.17) is 9.47 Å². The van der Waals surface area contributed by atoms with Gasteiger partial charge < -0.3 is 9.47 Å². The van der Waals surface area contributed by atoms with Crippen LogP contribution in [0.3, 0.4) is 0 Å². The van der Waals surface area contributed by atoms with Crippen molar-refractivity contribution in [1.29, 1.82) is 0 Å². The molecule has 0 spiro atoms. The summed E-state index contributed by atoms with van der Waals surface area (Å²) in [6.07, 6.45) is 26.9. The van der Waals surface area contributed by atoms with Crippen LogP contribution < -0.4 is 0 Å². The molecule has 0 saturated carbocycles. The molecule has 2 heteroatoms. The number of hydrogen-bond acceptors (Lipinski definition) is 2. The first-order chi connectivity index (χ1) is 14.8. The van der Waals surface area contributed by atoms with Crippen LogP contribution in [0, 0.1) is 0 Å². The molecule has 0 aliphatic rings. The van der Waals surface area contributed by atoms with E-state index in [0.717, 1.165) is 26.4 Å². The summed E-state index contributed by atoms with van der Waals surface area (Å²) < 4.78 is 11.2. The normalized spacial score (nSPS) is 10.8. The van der Waals surface area contributed by atoms with E-state index in [0.29, 0.717) is 0 Å². The van der Waals surface area contributed by atoms with Crippen molar-refractivity contribution in [3.8, 4) is 0 Å². The first-order valence-electron chi connectivity index (χ1n) is 14.0. The second kappa shape index (κ2) is 33.6. The maximum Gasteiger partial charge on any atom is 0.0466 e. The van der Waals surface area contributed by atoms with Gasteiger partial charge in [-0.1, -0.05) is 130 Å². The Morgan fingerprint density at radius 1 is 0.267 bits per heavy atom. The van der Waals surface area contributed by atoms with Gasteiger partial charge in [0.1, 0.15) is 0 Å². The zero-order valence-electron chi connectivity index (χ0n) is 21.8. The number of ether oxygens (including phenoxy) is 2. The highest BCUT2D eigenvalue weighted by Gasteiger charge is 1.93. The summed E-state index contributed by atoms with van der Waals surface area (Å²) in [6, 6.07) is 0. The molecular weight excluding hydrogens is 368 g/mol. The van der Waals surface area contributed by atoms with E-state index < -0.39 is 0 Å². The lowest BCUT2D eigenvalue weighted by molar-refractivity contribution is 0.125. The molecule has 0 N–H and O–H groups in total. The Labute approximate surface area is 192 Å². The molecule has 0 heterocycles. The third-order valence-electron chi connectivity index (χ3n) is 5.57. The highest BCUT2D eigenvalue weighted by Crippen LogP contribution is 2.07. The molecule has 0 aromatic heterocycles. The van der Waals surface area contributed by atoms with Crippen molar-refractivity contribution < 1.29 is 9.47 Å². The Hall–Kier alpha value is -0.0800. The molecule has 0 amide bonds. The monoisotopic (exact) mass is 428 g/mol. The fraction of sp³-hybridized carbons (Fsp3) is 1.00. The average Bonchev–Trinajstić information content (AvgIpc) is 2.76. The quantitative estimate of drug-likeness (QED) is 0.142. The van der Waals surface area contributed by atoms with Crippen LogP contribution in [0.25, 0.3) is 0 Å². The van der Waals surface area contributed by atoms with Crippen molar-refractivity contribution >= 4 is 0 Å². The van der Waals surface area contributed by atoms with Gasteiger partial charge in [0.2, 0.25) is 0 Å². The Morgan fingerprint density at radius 3 is 0.733 bits per heavy atom. The second-order valence-electron chi connectivity index (χ2n) is 8.88. The maximum absolute atomic E-state index is 5.65. The molecule has 0 aliphatic carbocycles. The number of hydrogen-bond donors (Lipinski definition) is 0. The molecule has 30 heavy (non-hydrogen) atoms. The minimum Gasteiger partial charge on any atom is -0.381 e.